The van der Waals surface area contributed by atoms with Crippen molar-refractivity contribution < 1.29 is 23.1 Å². The highest BCUT2D eigenvalue weighted by molar-refractivity contribution is 6.52. The van der Waals surface area contributed by atoms with E-state index < -0.39 is 34.5 Å². The molecule has 0 radical (unpaired) electrons. The molecule has 3 nitrogen and oxygen atoms in total. The zero-order valence-electron chi connectivity index (χ0n) is 10.6. The van der Waals surface area contributed by atoms with Gasteiger partial charge in [0.05, 0.1) is 12.5 Å². The molecule has 1 saturated carbocycles. The Morgan fingerprint density at radius 3 is 2.29 bits per heavy atom. The number of alkyl halides is 5. The van der Waals surface area contributed by atoms with Crippen LogP contribution in [0.2, 0.25) is 0 Å². The molecule has 1 aromatic carbocycles. The maximum Gasteiger partial charge on any atom is 0.423 e. The third-order valence-corrected chi connectivity index (χ3v) is 4.22. The molecule has 0 bridgehead atoms. The van der Waals surface area contributed by atoms with Gasteiger partial charge in [0.2, 0.25) is 11.5 Å². The molecule has 1 amide bonds. The Kier molecular flexibility index (Phi) is 4.17. The first kappa shape index (κ1) is 16.4. The number of nitrogens with one attached hydrogen (secondary N) is 1. The summed E-state index contributed by atoms with van der Waals surface area (Å²) in [4.78, 5) is 11.7. The maximum absolute atomic E-state index is 13.2. The van der Waals surface area contributed by atoms with Crippen molar-refractivity contribution in [1.82, 2.24) is 5.32 Å². The van der Waals surface area contributed by atoms with Crippen LogP contribution in [0.1, 0.15) is 12.0 Å². The Bertz CT molecular complexity index is 536. The molecule has 2 atom stereocenters. The Labute approximate surface area is 129 Å². The molecule has 1 aliphatic carbocycles. The lowest BCUT2D eigenvalue weighted by Gasteiger charge is -2.31. The number of rotatable bonds is 4. The standard InChI is InChI=1S/C13H12Cl2F3NO2/c14-12(15)6-9(12)10(20)19-7-11(21,13(16,17)18)8-4-2-1-3-5-8/h1-5,9,21H,6-7H2,(H,19,20)/t9-,11-/m0/s1. The average Bonchev–Trinajstić information content (AvgIpc) is 3.04. The van der Waals surface area contributed by atoms with Crippen LogP contribution in [0, 0.1) is 5.92 Å². The molecule has 8 heteroatoms. The van der Waals surface area contributed by atoms with E-state index in [-0.39, 0.29) is 12.0 Å². The lowest BCUT2D eigenvalue weighted by atomic mass is 9.93. The molecular formula is C13H12Cl2F3NO2. The summed E-state index contributed by atoms with van der Waals surface area (Å²) in [6.07, 6.45) is -4.76. The zero-order valence-corrected chi connectivity index (χ0v) is 12.1. The molecule has 0 aliphatic heterocycles. The molecule has 0 unspecified atom stereocenters. The van der Waals surface area contributed by atoms with Crippen molar-refractivity contribution in [2.75, 3.05) is 6.54 Å². The summed E-state index contributed by atoms with van der Waals surface area (Å²) < 4.78 is 38.2. The molecule has 0 heterocycles. The molecule has 0 aromatic heterocycles. The van der Waals surface area contributed by atoms with Crippen LogP contribution in [0.3, 0.4) is 0 Å². The van der Waals surface area contributed by atoms with Gasteiger partial charge in [0, 0.05) is 0 Å². The number of amides is 1. The topological polar surface area (TPSA) is 49.3 Å². The molecule has 2 N–H and O–H groups in total. The van der Waals surface area contributed by atoms with Crippen molar-refractivity contribution in [3.05, 3.63) is 35.9 Å². The van der Waals surface area contributed by atoms with Crippen molar-refractivity contribution in [3.63, 3.8) is 0 Å². The van der Waals surface area contributed by atoms with Crippen LogP contribution in [-0.2, 0) is 10.4 Å². The van der Waals surface area contributed by atoms with Gasteiger partial charge in [0.25, 0.3) is 0 Å². The smallest absolute Gasteiger partial charge is 0.375 e. The summed E-state index contributed by atoms with van der Waals surface area (Å²) in [5.41, 5.74) is -3.52. The van der Waals surface area contributed by atoms with Gasteiger partial charge in [-0.1, -0.05) is 30.3 Å². The van der Waals surface area contributed by atoms with Gasteiger partial charge in [-0.15, -0.1) is 23.2 Å². The van der Waals surface area contributed by atoms with E-state index in [9.17, 15) is 23.1 Å². The van der Waals surface area contributed by atoms with Gasteiger partial charge in [-0.25, -0.2) is 0 Å². The Morgan fingerprint density at radius 2 is 1.86 bits per heavy atom. The van der Waals surface area contributed by atoms with Crippen molar-refractivity contribution in [2.45, 2.75) is 22.5 Å². The van der Waals surface area contributed by atoms with E-state index in [0.29, 0.717) is 0 Å². The van der Waals surface area contributed by atoms with Crippen molar-refractivity contribution in [2.24, 2.45) is 5.92 Å². The predicted octanol–water partition coefficient (Wildman–Crippen LogP) is 2.75. The lowest BCUT2D eigenvalue weighted by Crippen LogP contribution is -2.51. The summed E-state index contributed by atoms with van der Waals surface area (Å²) in [6.45, 7) is -1.00. The first-order valence-corrected chi connectivity index (χ1v) is 6.84. The molecule has 1 fully saturated rings. The molecule has 0 spiro atoms. The van der Waals surface area contributed by atoms with E-state index in [4.69, 9.17) is 23.2 Å². The minimum Gasteiger partial charge on any atom is -0.375 e. The minimum atomic E-state index is -4.94. The van der Waals surface area contributed by atoms with Gasteiger partial charge >= 0.3 is 6.18 Å². The minimum absolute atomic E-state index is 0.178. The number of halogens is 5. The van der Waals surface area contributed by atoms with E-state index in [0.717, 1.165) is 12.1 Å². The van der Waals surface area contributed by atoms with Crippen LogP contribution < -0.4 is 5.32 Å². The third-order valence-electron chi connectivity index (χ3n) is 3.38. The molecule has 2 rings (SSSR count). The van der Waals surface area contributed by atoms with E-state index >= 15 is 0 Å². The summed E-state index contributed by atoms with van der Waals surface area (Å²) >= 11 is 11.4. The lowest BCUT2D eigenvalue weighted by molar-refractivity contribution is -0.264. The van der Waals surface area contributed by atoms with Crippen LogP contribution in [0.4, 0.5) is 13.2 Å². The van der Waals surface area contributed by atoms with Crippen LogP contribution in [0.15, 0.2) is 30.3 Å². The number of hydrogen-bond donors (Lipinski definition) is 2. The fourth-order valence-electron chi connectivity index (χ4n) is 1.92. The molecular weight excluding hydrogens is 330 g/mol. The van der Waals surface area contributed by atoms with Gasteiger partial charge in [0.1, 0.15) is 4.33 Å². The number of carbonyl (C=O) groups is 1. The van der Waals surface area contributed by atoms with E-state index in [2.05, 4.69) is 5.32 Å². The van der Waals surface area contributed by atoms with Crippen LogP contribution in [0.5, 0.6) is 0 Å². The Hall–Kier alpha value is -0.980. The van der Waals surface area contributed by atoms with Crippen molar-refractivity contribution in [3.8, 4) is 0 Å². The second-order valence-corrected chi connectivity index (χ2v) is 6.50. The number of hydrogen-bond acceptors (Lipinski definition) is 2. The molecule has 21 heavy (non-hydrogen) atoms. The summed E-state index contributed by atoms with van der Waals surface area (Å²) in [5, 5.41) is 12.1. The largest absolute Gasteiger partial charge is 0.423 e. The molecule has 1 aliphatic rings. The second-order valence-electron chi connectivity index (χ2n) is 4.96. The SMILES string of the molecule is O=C(NC[C@](O)(c1ccccc1)C(F)(F)F)[C@@H]1CC1(Cl)Cl. The number of benzene rings is 1. The summed E-state index contributed by atoms with van der Waals surface area (Å²) in [7, 11) is 0. The Morgan fingerprint density at radius 1 is 1.33 bits per heavy atom. The summed E-state index contributed by atoms with van der Waals surface area (Å²) in [6, 6.07) is 6.56. The van der Waals surface area contributed by atoms with Crippen LogP contribution in [-0.4, -0.2) is 28.1 Å². The van der Waals surface area contributed by atoms with Gasteiger partial charge in [-0.2, -0.15) is 13.2 Å². The third kappa shape index (κ3) is 3.27. The fraction of sp³-hybridized carbons (Fsp3) is 0.462. The van der Waals surface area contributed by atoms with Gasteiger partial charge in [-0.05, 0) is 12.0 Å². The average molecular weight is 342 g/mol. The van der Waals surface area contributed by atoms with Crippen molar-refractivity contribution in [1.29, 1.82) is 0 Å². The Balaban J connectivity index is 2.13. The zero-order chi connectivity index (χ0) is 15.9. The van der Waals surface area contributed by atoms with Crippen LogP contribution in [0.25, 0.3) is 0 Å². The highest BCUT2D eigenvalue weighted by Crippen LogP contribution is 2.53. The highest BCUT2D eigenvalue weighted by atomic mass is 35.5. The highest BCUT2D eigenvalue weighted by Gasteiger charge is 2.58. The van der Waals surface area contributed by atoms with Crippen LogP contribution >= 0.6 is 23.2 Å². The fourth-order valence-corrected chi connectivity index (χ4v) is 2.42. The van der Waals surface area contributed by atoms with E-state index in [1.165, 1.54) is 18.2 Å². The molecule has 0 saturated heterocycles. The monoisotopic (exact) mass is 341 g/mol. The molecule has 116 valence electrons. The summed E-state index contributed by atoms with van der Waals surface area (Å²) in [5.74, 6) is -1.47. The van der Waals surface area contributed by atoms with E-state index in [1.54, 1.807) is 0 Å². The van der Waals surface area contributed by atoms with Gasteiger partial charge in [-0.3, -0.25) is 4.79 Å². The first-order valence-electron chi connectivity index (χ1n) is 6.08. The first-order chi connectivity index (χ1) is 9.58. The molecule has 1 aromatic rings. The van der Waals surface area contributed by atoms with Gasteiger partial charge in [0.15, 0.2) is 0 Å². The second kappa shape index (κ2) is 5.34. The quantitative estimate of drug-likeness (QED) is 0.827. The number of carbonyl (C=O) groups excluding carboxylic acids is 1. The predicted molar refractivity (Wildman–Crippen MR) is 71.9 cm³/mol. The number of aliphatic hydroxyl groups is 1. The van der Waals surface area contributed by atoms with Crippen molar-refractivity contribution >= 4 is 29.1 Å². The normalized spacial score (nSPS) is 23.2. The van der Waals surface area contributed by atoms with E-state index in [1.807, 2.05) is 0 Å². The maximum atomic E-state index is 13.2. The van der Waals surface area contributed by atoms with Gasteiger partial charge < -0.3 is 10.4 Å².